The second kappa shape index (κ2) is 9.85. The van der Waals surface area contributed by atoms with Crippen molar-refractivity contribution in [2.24, 2.45) is 5.73 Å². The van der Waals surface area contributed by atoms with Crippen molar-refractivity contribution in [3.63, 3.8) is 0 Å². The van der Waals surface area contributed by atoms with Gasteiger partial charge in [0.1, 0.15) is 19.1 Å². The number of likely N-dealkylation sites (tertiary alicyclic amines) is 1. The number of halogens is 1. The van der Waals surface area contributed by atoms with Crippen LogP contribution in [0.1, 0.15) is 32.3 Å². The number of amides is 1. The number of nitrogens with two attached hydrogens (primary N) is 2. The molecule has 6 nitrogen and oxygen atoms in total. The summed E-state index contributed by atoms with van der Waals surface area (Å²) in [6, 6.07) is 4.54. The zero-order valence-corrected chi connectivity index (χ0v) is 15.9. The van der Waals surface area contributed by atoms with Gasteiger partial charge in [0.2, 0.25) is 0 Å². The van der Waals surface area contributed by atoms with E-state index in [2.05, 4.69) is 12.2 Å². The van der Waals surface area contributed by atoms with Gasteiger partial charge in [-0.15, -0.1) is 0 Å². The van der Waals surface area contributed by atoms with E-state index in [9.17, 15) is 4.79 Å². The molecule has 2 atom stereocenters. The first-order valence-corrected chi connectivity index (χ1v) is 9.45. The van der Waals surface area contributed by atoms with Gasteiger partial charge in [0, 0.05) is 18.4 Å². The van der Waals surface area contributed by atoms with Gasteiger partial charge in [0.25, 0.3) is 5.91 Å². The molecule has 140 valence electrons. The van der Waals surface area contributed by atoms with Crippen LogP contribution in [0, 0.1) is 0 Å². The van der Waals surface area contributed by atoms with Crippen LogP contribution in [-0.4, -0.2) is 44.8 Å². The van der Waals surface area contributed by atoms with Gasteiger partial charge >= 0.3 is 0 Å². The number of primary amides is 1. The molecule has 1 aliphatic heterocycles. The quantitative estimate of drug-likeness (QED) is 0.529. The van der Waals surface area contributed by atoms with E-state index in [-0.39, 0.29) is 6.61 Å². The van der Waals surface area contributed by atoms with E-state index < -0.39 is 5.91 Å². The van der Waals surface area contributed by atoms with Crippen LogP contribution in [0.3, 0.4) is 0 Å². The van der Waals surface area contributed by atoms with Crippen LogP contribution in [-0.2, 0) is 11.3 Å². The molecule has 0 aromatic heterocycles. The maximum absolute atomic E-state index is 10.9. The lowest BCUT2D eigenvalue weighted by molar-refractivity contribution is -0.925. The van der Waals surface area contributed by atoms with E-state index in [0.717, 1.165) is 24.7 Å². The van der Waals surface area contributed by atoms with Crippen LogP contribution in [0.5, 0.6) is 11.5 Å². The number of rotatable bonds is 10. The Kier molecular flexibility index (Phi) is 7.81. The Morgan fingerprint density at radius 2 is 2.20 bits per heavy atom. The summed E-state index contributed by atoms with van der Waals surface area (Å²) in [5, 5.41) is 2.77. The van der Waals surface area contributed by atoms with Gasteiger partial charge in [-0.3, -0.25) is 4.79 Å². The molecule has 5 N–H and O–H groups in total. The van der Waals surface area contributed by atoms with Crippen molar-refractivity contribution in [2.75, 3.05) is 32.8 Å². The second-order valence-electron chi connectivity index (χ2n) is 6.42. The average molecular weight is 372 g/mol. The van der Waals surface area contributed by atoms with Crippen LogP contribution in [0.4, 0.5) is 0 Å². The number of carbonyl (C=O) groups excluding carboxylic acids is 1. The zero-order valence-electron chi connectivity index (χ0n) is 15.1. The first-order valence-electron chi connectivity index (χ1n) is 9.07. The van der Waals surface area contributed by atoms with Crippen molar-refractivity contribution < 1.29 is 24.5 Å². The molecule has 1 fully saturated rings. The lowest BCUT2D eigenvalue weighted by Gasteiger charge is -2.18. The van der Waals surface area contributed by atoms with Crippen molar-refractivity contribution in [1.82, 2.24) is 0 Å². The third kappa shape index (κ3) is 5.76. The zero-order chi connectivity index (χ0) is 18.2. The molecule has 0 radical (unpaired) electrons. The van der Waals surface area contributed by atoms with E-state index in [1.54, 1.807) is 4.90 Å². The number of quaternary nitrogens is 2. The first-order chi connectivity index (χ1) is 12.0. The summed E-state index contributed by atoms with van der Waals surface area (Å²) in [6.07, 6.45) is 2.64. The topological polar surface area (TPSA) is 82.6 Å². The lowest BCUT2D eigenvalue weighted by Crippen LogP contribution is -3.16. The summed E-state index contributed by atoms with van der Waals surface area (Å²) in [5.74, 6) is 0.389. The molecule has 1 saturated heterocycles. The molecule has 25 heavy (non-hydrogen) atoms. The van der Waals surface area contributed by atoms with Gasteiger partial charge in [-0.1, -0.05) is 11.6 Å². The molecule has 1 aromatic rings. The Balaban J connectivity index is 1.99. The highest BCUT2D eigenvalue weighted by Crippen LogP contribution is 2.36. The molecule has 1 amide bonds. The van der Waals surface area contributed by atoms with E-state index in [0.29, 0.717) is 23.1 Å². The van der Waals surface area contributed by atoms with Gasteiger partial charge in [-0.25, -0.2) is 0 Å². The smallest absolute Gasteiger partial charge is 0.255 e. The minimum Gasteiger partial charge on any atom is -0.490 e. The number of benzene rings is 1. The van der Waals surface area contributed by atoms with Crippen LogP contribution >= 0.6 is 11.6 Å². The summed E-state index contributed by atoms with van der Waals surface area (Å²) >= 11 is 6.33. The largest absolute Gasteiger partial charge is 0.490 e. The number of hydrogen-bond acceptors (Lipinski definition) is 3. The number of hydrogen-bond donors (Lipinski definition) is 3. The van der Waals surface area contributed by atoms with Gasteiger partial charge in [0.15, 0.2) is 18.1 Å². The molecule has 2 rings (SSSR count). The van der Waals surface area contributed by atoms with E-state index in [1.807, 2.05) is 19.1 Å². The predicted octanol–water partition coefficient (Wildman–Crippen LogP) is -0.267. The third-order valence-corrected chi connectivity index (χ3v) is 4.92. The van der Waals surface area contributed by atoms with Crippen molar-refractivity contribution in [3.05, 3.63) is 22.7 Å². The summed E-state index contributed by atoms with van der Waals surface area (Å²) < 4.78 is 11.0. The maximum Gasteiger partial charge on any atom is 0.255 e. The van der Waals surface area contributed by atoms with Crippen molar-refractivity contribution in [1.29, 1.82) is 0 Å². The van der Waals surface area contributed by atoms with Crippen molar-refractivity contribution in [3.8, 4) is 11.5 Å². The highest BCUT2D eigenvalue weighted by Gasteiger charge is 2.28. The molecule has 0 saturated carbocycles. The van der Waals surface area contributed by atoms with Gasteiger partial charge in [-0.05, 0) is 26.0 Å². The molecule has 1 heterocycles. The Hall–Kier alpha value is -1.50. The minimum atomic E-state index is -0.546. The Morgan fingerprint density at radius 3 is 2.88 bits per heavy atom. The first kappa shape index (κ1) is 19.8. The van der Waals surface area contributed by atoms with Crippen LogP contribution in [0.2, 0.25) is 5.02 Å². The predicted molar refractivity (Wildman–Crippen MR) is 97.2 cm³/mol. The standard InChI is InChI=1S/C18H28ClN3O3/c1-3-22-7-5-6-14(22)11-21-10-13-8-15(19)18(25-12-17(20)23)16(9-13)24-4-2/h8-9,14,21H,3-7,10-12H2,1-2H3,(H2,20,23)/p+2/t14-/m0/s1. The molecule has 1 unspecified atom stereocenters. The molecule has 0 spiro atoms. The van der Waals surface area contributed by atoms with Gasteiger partial charge in [-0.2, -0.15) is 0 Å². The fraction of sp³-hybridized carbons (Fsp3) is 0.611. The molecule has 0 bridgehead atoms. The Labute approximate surface area is 154 Å². The fourth-order valence-corrected chi connectivity index (χ4v) is 3.76. The Bertz CT molecular complexity index is 583. The maximum atomic E-state index is 10.9. The number of ether oxygens (including phenoxy) is 2. The number of likely N-dealkylation sites (N-methyl/N-ethyl adjacent to an activating group) is 1. The molecular weight excluding hydrogens is 342 g/mol. The van der Waals surface area contributed by atoms with Crippen LogP contribution in [0.15, 0.2) is 12.1 Å². The molecule has 0 aliphatic carbocycles. The third-order valence-electron chi connectivity index (χ3n) is 4.64. The fourth-order valence-electron chi connectivity index (χ4n) is 3.47. The number of nitrogens with one attached hydrogen (secondary N) is 1. The second-order valence-corrected chi connectivity index (χ2v) is 6.83. The van der Waals surface area contributed by atoms with Crippen LogP contribution < -0.4 is 25.4 Å². The summed E-state index contributed by atoms with van der Waals surface area (Å²) in [7, 11) is 0. The summed E-state index contributed by atoms with van der Waals surface area (Å²) in [6.45, 7) is 8.87. The van der Waals surface area contributed by atoms with E-state index in [4.69, 9.17) is 26.8 Å². The molecule has 1 aliphatic rings. The van der Waals surface area contributed by atoms with Gasteiger partial charge < -0.3 is 25.4 Å². The Morgan fingerprint density at radius 1 is 1.40 bits per heavy atom. The average Bonchev–Trinajstić information content (AvgIpc) is 3.01. The van der Waals surface area contributed by atoms with E-state index >= 15 is 0 Å². The normalized spacial score (nSPS) is 19.8. The SMILES string of the molecule is CCOc1cc(C[NH2+]C[C@@H]2CCC[NH+]2CC)cc(Cl)c1OCC(N)=O. The lowest BCUT2D eigenvalue weighted by atomic mass is 10.1. The summed E-state index contributed by atoms with van der Waals surface area (Å²) in [5.41, 5.74) is 6.22. The monoisotopic (exact) mass is 371 g/mol. The summed E-state index contributed by atoms with van der Waals surface area (Å²) in [4.78, 5) is 12.7. The molecule has 1 aromatic carbocycles. The number of carbonyl (C=O) groups is 1. The van der Waals surface area contributed by atoms with Crippen molar-refractivity contribution >= 4 is 17.5 Å². The molecule has 7 heteroatoms. The van der Waals surface area contributed by atoms with Gasteiger partial charge in [0.05, 0.1) is 24.7 Å². The van der Waals surface area contributed by atoms with Crippen molar-refractivity contribution in [2.45, 2.75) is 39.3 Å². The molecular formula is C18H30ClN3O3+2. The van der Waals surface area contributed by atoms with Crippen LogP contribution in [0.25, 0.3) is 0 Å². The highest BCUT2D eigenvalue weighted by molar-refractivity contribution is 6.32. The minimum absolute atomic E-state index is 0.220. The van der Waals surface area contributed by atoms with E-state index in [1.165, 1.54) is 25.9 Å². The highest BCUT2D eigenvalue weighted by atomic mass is 35.5.